The Kier molecular flexibility index (Phi) is 3.73. The van der Waals surface area contributed by atoms with Gasteiger partial charge >= 0.3 is 0 Å². The zero-order chi connectivity index (χ0) is 14.7. The molecule has 108 valence electrons. The van der Waals surface area contributed by atoms with Crippen LogP contribution in [0, 0.1) is 5.92 Å². The molecule has 2 N–H and O–H groups in total. The molecule has 0 aliphatic heterocycles. The summed E-state index contributed by atoms with van der Waals surface area (Å²) < 4.78 is 5.15. The maximum absolute atomic E-state index is 12.0. The van der Waals surface area contributed by atoms with Crippen LogP contribution in [0.5, 0.6) is 0 Å². The van der Waals surface area contributed by atoms with Crippen molar-refractivity contribution in [3.8, 4) is 0 Å². The first-order chi connectivity index (χ1) is 10.2. The maximum atomic E-state index is 12.0. The fraction of sp³-hybridized carbons (Fsp3) is 0.250. The van der Waals surface area contributed by atoms with Crippen molar-refractivity contribution in [2.24, 2.45) is 5.92 Å². The highest BCUT2D eigenvalue weighted by molar-refractivity contribution is 5.96. The van der Waals surface area contributed by atoms with E-state index < -0.39 is 0 Å². The molecule has 1 aromatic heterocycles. The van der Waals surface area contributed by atoms with Gasteiger partial charge in [-0.05, 0) is 49.2 Å². The summed E-state index contributed by atoms with van der Waals surface area (Å²) in [5.41, 5.74) is 1.26. The molecule has 0 spiro atoms. The monoisotopic (exact) mass is 284 g/mol. The number of hydrogen-bond acceptors (Lipinski definition) is 3. The molecule has 1 aliphatic rings. The van der Waals surface area contributed by atoms with Crippen molar-refractivity contribution >= 4 is 17.5 Å². The second kappa shape index (κ2) is 5.83. The minimum absolute atomic E-state index is 0.0602. The van der Waals surface area contributed by atoms with Gasteiger partial charge in [0.2, 0.25) is 5.91 Å². The van der Waals surface area contributed by atoms with Crippen LogP contribution in [0.1, 0.15) is 29.0 Å². The maximum Gasteiger partial charge on any atom is 0.251 e. The van der Waals surface area contributed by atoms with E-state index in [1.807, 2.05) is 0 Å². The van der Waals surface area contributed by atoms with E-state index in [0.717, 1.165) is 18.5 Å². The molecule has 1 aromatic carbocycles. The molecule has 0 saturated heterocycles. The summed E-state index contributed by atoms with van der Waals surface area (Å²) in [6.07, 6.45) is 3.51. The molecule has 5 heteroatoms. The SMILES string of the molecule is O=C(NCc1ccco1)c1ccc(NC(=O)C2CC2)cc1. The molecule has 1 aliphatic carbocycles. The van der Waals surface area contributed by atoms with Crippen LogP contribution in [0.25, 0.3) is 0 Å². The number of rotatable bonds is 5. The van der Waals surface area contributed by atoms with Gasteiger partial charge in [-0.1, -0.05) is 0 Å². The van der Waals surface area contributed by atoms with Crippen LogP contribution in [-0.4, -0.2) is 11.8 Å². The Labute approximate surface area is 122 Å². The minimum atomic E-state index is -0.175. The molecule has 0 atom stereocenters. The molecule has 3 rings (SSSR count). The summed E-state index contributed by atoms with van der Waals surface area (Å²) in [5.74, 6) is 0.759. The normalized spacial score (nSPS) is 13.7. The van der Waals surface area contributed by atoms with Crippen LogP contribution in [0.2, 0.25) is 0 Å². The number of anilines is 1. The largest absolute Gasteiger partial charge is 0.467 e. The Morgan fingerprint density at radius 1 is 1.14 bits per heavy atom. The van der Waals surface area contributed by atoms with Gasteiger partial charge in [0.05, 0.1) is 12.8 Å². The molecule has 2 amide bonds. The van der Waals surface area contributed by atoms with Crippen LogP contribution < -0.4 is 10.6 Å². The quantitative estimate of drug-likeness (QED) is 0.886. The predicted octanol–water partition coefficient (Wildman–Crippen LogP) is 2.56. The Morgan fingerprint density at radius 3 is 2.52 bits per heavy atom. The number of hydrogen-bond donors (Lipinski definition) is 2. The first-order valence-electron chi connectivity index (χ1n) is 6.94. The van der Waals surface area contributed by atoms with Gasteiger partial charge in [-0.3, -0.25) is 9.59 Å². The van der Waals surface area contributed by atoms with Crippen molar-refractivity contribution in [3.63, 3.8) is 0 Å². The Hall–Kier alpha value is -2.56. The molecule has 1 fully saturated rings. The highest BCUT2D eigenvalue weighted by Crippen LogP contribution is 2.30. The van der Waals surface area contributed by atoms with E-state index in [1.165, 1.54) is 0 Å². The van der Waals surface area contributed by atoms with Gasteiger partial charge in [0, 0.05) is 17.2 Å². The van der Waals surface area contributed by atoms with Crippen molar-refractivity contribution in [1.82, 2.24) is 5.32 Å². The predicted molar refractivity (Wildman–Crippen MR) is 77.7 cm³/mol. The third kappa shape index (κ3) is 3.51. The fourth-order valence-electron chi connectivity index (χ4n) is 1.98. The second-order valence-electron chi connectivity index (χ2n) is 5.10. The van der Waals surface area contributed by atoms with Crippen molar-refractivity contribution in [1.29, 1.82) is 0 Å². The van der Waals surface area contributed by atoms with Crippen molar-refractivity contribution in [2.75, 3.05) is 5.32 Å². The summed E-state index contributed by atoms with van der Waals surface area (Å²) in [6.45, 7) is 0.353. The molecule has 0 radical (unpaired) electrons. The van der Waals surface area contributed by atoms with Crippen LogP contribution >= 0.6 is 0 Å². The van der Waals surface area contributed by atoms with E-state index in [1.54, 1.807) is 42.7 Å². The van der Waals surface area contributed by atoms with Crippen molar-refractivity contribution < 1.29 is 14.0 Å². The Morgan fingerprint density at radius 2 is 1.90 bits per heavy atom. The van der Waals surface area contributed by atoms with E-state index in [4.69, 9.17) is 4.42 Å². The Balaban J connectivity index is 1.55. The summed E-state index contributed by atoms with van der Waals surface area (Å²) in [6, 6.07) is 10.4. The van der Waals surface area contributed by atoms with Crippen molar-refractivity contribution in [2.45, 2.75) is 19.4 Å². The van der Waals surface area contributed by atoms with E-state index in [-0.39, 0.29) is 17.7 Å². The highest BCUT2D eigenvalue weighted by atomic mass is 16.3. The van der Waals surface area contributed by atoms with Crippen LogP contribution in [-0.2, 0) is 11.3 Å². The molecule has 0 bridgehead atoms. The van der Waals surface area contributed by atoms with Crippen molar-refractivity contribution in [3.05, 3.63) is 54.0 Å². The van der Waals surface area contributed by atoms with E-state index in [9.17, 15) is 9.59 Å². The summed E-state index contributed by atoms with van der Waals surface area (Å²) in [7, 11) is 0. The van der Waals surface area contributed by atoms with Crippen LogP contribution in [0.3, 0.4) is 0 Å². The van der Waals surface area contributed by atoms with E-state index >= 15 is 0 Å². The minimum Gasteiger partial charge on any atom is -0.467 e. The van der Waals surface area contributed by atoms with Crippen LogP contribution in [0.15, 0.2) is 47.1 Å². The van der Waals surface area contributed by atoms with Gasteiger partial charge in [0.1, 0.15) is 5.76 Å². The van der Waals surface area contributed by atoms with Gasteiger partial charge in [0.25, 0.3) is 5.91 Å². The number of carbonyl (C=O) groups is 2. The number of benzene rings is 1. The zero-order valence-corrected chi connectivity index (χ0v) is 11.5. The first-order valence-corrected chi connectivity index (χ1v) is 6.94. The van der Waals surface area contributed by atoms with Gasteiger partial charge in [-0.2, -0.15) is 0 Å². The molecule has 2 aromatic rings. The molecule has 0 unspecified atom stereocenters. The van der Waals surface area contributed by atoms with Gasteiger partial charge in [-0.15, -0.1) is 0 Å². The fourth-order valence-corrected chi connectivity index (χ4v) is 1.98. The average molecular weight is 284 g/mol. The Bertz CT molecular complexity index is 628. The van der Waals surface area contributed by atoms with Gasteiger partial charge < -0.3 is 15.1 Å². The lowest BCUT2D eigenvalue weighted by molar-refractivity contribution is -0.117. The molecule has 1 saturated carbocycles. The third-order valence-corrected chi connectivity index (χ3v) is 3.37. The lowest BCUT2D eigenvalue weighted by Gasteiger charge is -2.06. The van der Waals surface area contributed by atoms with Gasteiger partial charge in [-0.25, -0.2) is 0 Å². The molecular weight excluding hydrogens is 268 g/mol. The first kappa shape index (κ1) is 13.4. The summed E-state index contributed by atoms with van der Waals surface area (Å²) >= 11 is 0. The number of carbonyl (C=O) groups excluding carboxylic acids is 2. The number of amides is 2. The zero-order valence-electron chi connectivity index (χ0n) is 11.5. The van der Waals surface area contributed by atoms with Gasteiger partial charge in [0.15, 0.2) is 0 Å². The smallest absolute Gasteiger partial charge is 0.251 e. The van der Waals surface area contributed by atoms with E-state index in [0.29, 0.717) is 17.9 Å². The van der Waals surface area contributed by atoms with Crippen LogP contribution in [0.4, 0.5) is 5.69 Å². The second-order valence-corrected chi connectivity index (χ2v) is 5.10. The lowest BCUT2D eigenvalue weighted by Crippen LogP contribution is -2.22. The summed E-state index contributed by atoms with van der Waals surface area (Å²) in [5, 5.41) is 5.61. The molecule has 5 nitrogen and oxygen atoms in total. The molecular formula is C16H16N2O3. The lowest BCUT2D eigenvalue weighted by atomic mass is 10.2. The highest BCUT2D eigenvalue weighted by Gasteiger charge is 2.29. The standard InChI is InChI=1S/C16H16N2O3/c19-15(17-10-14-2-1-9-21-14)11-5-7-13(8-6-11)18-16(20)12-3-4-12/h1-2,5-9,12H,3-4,10H2,(H,17,19)(H,18,20). The topological polar surface area (TPSA) is 71.3 Å². The molecule has 21 heavy (non-hydrogen) atoms. The average Bonchev–Trinajstić information content (AvgIpc) is 3.23. The van der Waals surface area contributed by atoms with E-state index in [2.05, 4.69) is 10.6 Å². The third-order valence-electron chi connectivity index (χ3n) is 3.37. The number of nitrogens with one attached hydrogen (secondary N) is 2. The summed E-state index contributed by atoms with van der Waals surface area (Å²) in [4.78, 5) is 23.6. The number of furan rings is 1. The molecule has 1 heterocycles.